The molecule has 1 aliphatic carbocycles. The third-order valence-electron chi connectivity index (χ3n) is 3.41. The van der Waals surface area contributed by atoms with Crippen molar-refractivity contribution < 1.29 is 13.2 Å². The highest BCUT2D eigenvalue weighted by atomic mass is 32.2. The first-order valence-electron chi connectivity index (χ1n) is 6.52. The first-order chi connectivity index (χ1) is 9.03. The van der Waals surface area contributed by atoms with E-state index >= 15 is 0 Å². The molecule has 0 radical (unpaired) electrons. The second kappa shape index (κ2) is 5.79. The first kappa shape index (κ1) is 14.1. The molecule has 1 saturated carbocycles. The Morgan fingerprint density at radius 1 is 1.26 bits per heavy atom. The van der Waals surface area contributed by atoms with Crippen molar-refractivity contribution in [2.45, 2.75) is 43.1 Å². The lowest BCUT2D eigenvalue weighted by atomic mass is 9.98. The Hall–Kier alpha value is -1.27. The number of anilines is 1. The van der Waals surface area contributed by atoms with Crippen LogP contribution in [0.25, 0.3) is 0 Å². The van der Waals surface area contributed by atoms with Crippen LogP contribution in [0.3, 0.4) is 0 Å². The molecule has 1 aromatic rings. The number of benzene rings is 1. The van der Waals surface area contributed by atoms with Crippen LogP contribution >= 0.6 is 0 Å². The van der Waals surface area contributed by atoms with Gasteiger partial charge >= 0.3 is 0 Å². The van der Waals surface area contributed by atoms with E-state index in [1.54, 1.807) is 6.07 Å². The summed E-state index contributed by atoms with van der Waals surface area (Å²) >= 11 is 0. The number of ether oxygens (including phenoxy) is 1. The summed E-state index contributed by atoms with van der Waals surface area (Å²) in [5.41, 5.74) is 6.24. The van der Waals surface area contributed by atoms with Crippen molar-refractivity contribution in [3.05, 3.63) is 18.2 Å². The molecule has 3 N–H and O–H groups in total. The van der Waals surface area contributed by atoms with Crippen molar-refractivity contribution >= 4 is 15.7 Å². The van der Waals surface area contributed by atoms with Crippen LogP contribution in [0.15, 0.2) is 23.1 Å². The smallest absolute Gasteiger partial charge is 0.240 e. The minimum Gasteiger partial charge on any atom is -0.488 e. The number of sulfonamides is 1. The Bertz CT molecular complexity index is 537. The predicted octanol–water partition coefficient (Wildman–Crippen LogP) is 1.89. The van der Waals surface area contributed by atoms with E-state index in [4.69, 9.17) is 10.5 Å². The lowest BCUT2D eigenvalue weighted by Gasteiger charge is -2.23. The van der Waals surface area contributed by atoms with Gasteiger partial charge in [0.25, 0.3) is 0 Å². The van der Waals surface area contributed by atoms with Crippen molar-refractivity contribution in [3.8, 4) is 5.75 Å². The zero-order valence-electron chi connectivity index (χ0n) is 11.1. The fourth-order valence-corrected chi connectivity index (χ4v) is 3.05. The predicted molar refractivity (Wildman–Crippen MR) is 74.6 cm³/mol. The minimum atomic E-state index is -3.46. The summed E-state index contributed by atoms with van der Waals surface area (Å²) in [6.07, 6.45) is 5.89. The molecule has 0 bridgehead atoms. The standard InChI is InChI=1S/C13H20N2O3S/c1-15-19(16,17)11-7-8-13(12(14)9-11)18-10-5-3-2-4-6-10/h7-10,15H,2-6,14H2,1H3. The van der Waals surface area contributed by atoms with Crippen molar-refractivity contribution in [1.82, 2.24) is 4.72 Å². The average Bonchev–Trinajstić information content (AvgIpc) is 2.42. The molecule has 1 fully saturated rings. The number of rotatable bonds is 4. The fraction of sp³-hybridized carbons (Fsp3) is 0.538. The van der Waals surface area contributed by atoms with Crippen molar-refractivity contribution in [2.24, 2.45) is 0 Å². The summed E-state index contributed by atoms with van der Waals surface area (Å²) < 4.78 is 31.4. The van der Waals surface area contributed by atoms with E-state index in [0.29, 0.717) is 11.4 Å². The van der Waals surface area contributed by atoms with E-state index in [-0.39, 0.29) is 11.0 Å². The molecule has 0 heterocycles. The van der Waals surface area contributed by atoms with Crippen LogP contribution in [0.1, 0.15) is 32.1 Å². The van der Waals surface area contributed by atoms with E-state index in [1.165, 1.54) is 38.4 Å². The van der Waals surface area contributed by atoms with Crippen molar-refractivity contribution in [3.63, 3.8) is 0 Å². The lowest BCUT2D eigenvalue weighted by molar-refractivity contribution is 0.156. The summed E-state index contributed by atoms with van der Waals surface area (Å²) in [5.74, 6) is 0.571. The summed E-state index contributed by atoms with van der Waals surface area (Å²) in [6, 6.07) is 4.58. The Kier molecular flexibility index (Phi) is 4.31. The Morgan fingerprint density at radius 2 is 1.95 bits per heavy atom. The molecule has 0 spiro atoms. The quantitative estimate of drug-likeness (QED) is 0.827. The summed E-state index contributed by atoms with van der Waals surface area (Å²) in [5, 5.41) is 0. The molecule has 0 aromatic heterocycles. The van der Waals surface area contributed by atoms with E-state index < -0.39 is 10.0 Å². The molecule has 19 heavy (non-hydrogen) atoms. The fourth-order valence-electron chi connectivity index (χ4n) is 2.28. The zero-order valence-corrected chi connectivity index (χ0v) is 11.9. The van der Waals surface area contributed by atoms with E-state index in [1.807, 2.05) is 0 Å². The van der Waals surface area contributed by atoms with Gasteiger partial charge in [-0.05, 0) is 50.9 Å². The van der Waals surface area contributed by atoms with Crippen molar-refractivity contribution in [2.75, 3.05) is 12.8 Å². The van der Waals surface area contributed by atoms with Gasteiger partial charge in [-0.25, -0.2) is 13.1 Å². The molecule has 0 aliphatic heterocycles. The zero-order chi connectivity index (χ0) is 13.9. The SMILES string of the molecule is CNS(=O)(=O)c1ccc(OC2CCCCC2)c(N)c1. The number of nitrogens with one attached hydrogen (secondary N) is 1. The summed E-state index contributed by atoms with van der Waals surface area (Å²) in [4.78, 5) is 0.156. The Balaban J connectivity index is 2.15. The van der Waals surface area contributed by atoms with Gasteiger partial charge in [-0.1, -0.05) is 6.42 Å². The van der Waals surface area contributed by atoms with Gasteiger partial charge in [0, 0.05) is 0 Å². The molecule has 106 valence electrons. The van der Waals surface area contributed by atoms with Crippen LogP contribution < -0.4 is 15.2 Å². The summed E-state index contributed by atoms with van der Waals surface area (Å²) in [6.45, 7) is 0. The van der Waals surface area contributed by atoms with Gasteiger partial charge in [0.1, 0.15) is 5.75 Å². The maximum Gasteiger partial charge on any atom is 0.240 e. The second-order valence-corrected chi connectivity index (χ2v) is 6.67. The number of nitrogen functional groups attached to an aromatic ring is 1. The Labute approximate surface area is 114 Å². The highest BCUT2D eigenvalue weighted by Gasteiger charge is 2.18. The van der Waals surface area contributed by atoms with E-state index in [0.717, 1.165) is 12.8 Å². The third kappa shape index (κ3) is 3.39. The first-order valence-corrected chi connectivity index (χ1v) is 8.01. The highest BCUT2D eigenvalue weighted by Crippen LogP contribution is 2.29. The highest BCUT2D eigenvalue weighted by molar-refractivity contribution is 7.89. The third-order valence-corrected chi connectivity index (χ3v) is 4.82. The Morgan fingerprint density at radius 3 is 2.53 bits per heavy atom. The minimum absolute atomic E-state index is 0.156. The van der Waals surface area contributed by atoms with Gasteiger partial charge in [0.2, 0.25) is 10.0 Å². The molecular weight excluding hydrogens is 264 g/mol. The normalized spacial score (nSPS) is 17.3. The molecule has 5 nitrogen and oxygen atoms in total. The topological polar surface area (TPSA) is 81.4 Å². The molecule has 0 unspecified atom stereocenters. The van der Waals surface area contributed by atoms with E-state index in [9.17, 15) is 8.42 Å². The second-order valence-electron chi connectivity index (χ2n) is 4.79. The molecule has 0 saturated heterocycles. The van der Waals surface area contributed by atoms with Crippen LogP contribution in [-0.4, -0.2) is 21.6 Å². The molecular formula is C13H20N2O3S. The maximum absolute atomic E-state index is 11.6. The number of nitrogens with two attached hydrogens (primary N) is 1. The molecule has 1 aliphatic rings. The molecule has 0 atom stereocenters. The molecule has 2 rings (SSSR count). The van der Waals surface area contributed by atoms with E-state index in [2.05, 4.69) is 4.72 Å². The van der Waals surface area contributed by atoms with Gasteiger partial charge in [-0.2, -0.15) is 0 Å². The molecule has 1 aromatic carbocycles. The summed E-state index contributed by atoms with van der Waals surface area (Å²) in [7, 11) is -2.08. The number of hydrogen-bond donors (Lipinski definition) is 2. The van der Waals surface area contributed by atoms with Gasteiger partial charge in [0.15, 0.2) is 0 Å². The van der Waals surface area contributed by atoms with Crippen LogP contribution in [0.5, 0.6) is 5.75 Å². The van der Waals surface area contributed by atoms with Crippen LogP contribution in [0.4, 0.5) is 5.69 Å². The molecule has 6 heteroatoms. The largest absolute Gasteiger partial charge is 0.488 e. The number of hydrogen-bond acceptors (Lipinski definition) is 4. The van der Waals surface area contributed by atoms with Crippen LogP contribution in [0, 0.1) is 0 Å². The monoisotopic (exact) mass is 284 g/mol. The van der Waals surface area contributed by atoms with Crippen molar-refractivity contribution in [1.29, 1.82) is 0 Å². The van der Waals surface area contributed by atoms with Crippen LogP contribution in [-0.2, 0) is 10.0 Å². The van der Waals surface area contributed by atoms with Gasteiger partial charge in [-0.15, -0.1) is 0 Å². The average molecular weight is 284 g/mol. The van der Waals surface area contributed by atoms with Gasteiger partial charge in [0.05, 0.1) is 16.7 Å². The molecule has 0 amide bonds. The maximum atomic E-state index is 11.6. The van der Waals surface area contributed by atoms with Gasteiger partial charge in [-0.3, -0.25) is 0 Å². The lowest BCUT2D eigenvalue weighted by Crippen LogP contribution is -2.21. The van der Waals surface area contributed by atoms with Crippen LogP contribution in [0.2, 0.25) is 0 Å². The van der Waals surface area contributed by atoms with Gasteiger partial charge < -0.3 is 10.5 Å².